The van der Waals surface area contributed by atoms with Crippen LogP contribution in [0, 0.1) is 0 Å². The van der Waals surface area contributed by atoms with Gasteiger partial charge in [0.15, 0.2) is 0 Å². The van der Waals surface area contributed by atoms with Crippen LogP contribution in [-0.2, 0) is 10.5 Å². The number of amides is 1. The SMILES string of the molecule is O=CNc1ccccc1SCc1ccccc1Cl. The fraction of sp³-hybridized carbons (Fsp3) is 0.0714. The molecule has 0 atom stereocenters. The van der Waals surface area contributed by atoms with Gasteiger partial charge in [0.1, 0.15) is 0 Å². The molecular formula is C14H12ClNOS. The lowest BCUT2D eigenvalue weighted by molar-refractivity contribution is -0.105. The molecule has 0 aromatic heterocycles. The molecular weight excluding hydrogens is 266 g/mol. The number of nitrogens with one attached hydrogen (secondary N) is 1. The van der Waals surface area contributed by atoms with Crippen LogP contribution in [0.5, 0.6) is 0 Å². The van der Waals surface area contributed by atoms with Gasteiger partial charge in [0.2, 0.25) is 6.41 Å². The molecule has 0 spiro atoms. The number of rotatable bonds is 5. The van der Waals surface area contributed by atoms with Crippen molar-refractivity contribution >= 4 is 35.5 Å². The highest BCUT2D eigenvalue weighted by Gasteiger charge is 2.04. The van der Waals surface area contributed by atoms with Gasteiger partial charge >= 0.3 is 0 Å². The highest BCUT2D eigenvalue weighted by Crippen LogP contribution is 2.31. The lowest BCUT2D eigenvalue weighted by Crippen LogP contribution is -1.95. The number of benzene rings is 2. The summed E-state index contributed by atoms with van der Waals surface area (Å²) in [5.41, 5.74) is 1.91. The van der Waals surface area contributed by atoms with Crippen LogP contribution in [0.2, 0.25) is 5.02 Å². The molecule has 1 amide bonds. The van der Waals surface area contributed by atoms with Gasteiger partial charge in [-0.05, 0) is 23.8 Å². The summed E-state index contributed by atoms with van der Waals surface area (Å²) in [5.74, 6) is 0.775. The van der Waals surface area contributed by atoms with E-state index in [-0.39, 0.29) is 0 Å². The van der Waals surface area contributed by atoms with Crippen molar-refractivity contribution in [2.24, 2.45) is 0 Å². The molecule has 0 aliphatic heterocycles. The van der Waals surface area contributed by atoms with E-state index < -0.39 is 0 Å². The zero-order valence-corrected chi connectivity index (χ0v) is 11.2. The van der Waals surface area contributed by atoms with E-state index in [1.807, 2.05) is 48.5 Å². The Kier molecular flexibility index (Phi) is 4.67. The normalized spacial score (nSPS) is 10.1. The smallest absolute Gasteiger partial charge is 0.211 e. The number of anilines is 1. The first-order valence-corrected chi connectivity index (χ1v) is 6.83. The Balaban J connectivity index is 2.11. The van der Waals surface area contributed by atoms with E-state index in [0.717, 1.165) is 26.9 Å². The summed E-state index contributed by atoms with van der Waals surface area (Å²) in [4.78, 5) is 11.5. The molecule has 2 rings (SSSR count). The summed E-state index contributed by atoms with van der Waals surface area (Å²) in [6.45, 7) is 0. The Bertz CT molecular complexity index is 545. The molecule has 92 valence electrons. The topological polar surface area (TPSA) is 29.1 Å². The molecule has 0 heterocycles. The Morgan fingerprint density at radius 3 is 2.61 bits per heavy atom. The predicted octanol–water partition coefficient (Wildman–Crippen LogP) is 4.20. The summed E-state index contributed by atoms with van der Waals surface area (Å²) in [5, 5.41) is 3.46. The molecule has 0 saturated heterocycles. The van der Waals surface area contributed by atoms with Crippen LogP contribution < -0.4 is 5.32 Å². The molecule has 0 aliphatic carbocycles. The average molecular weight is 278 g/mol. The standard InChI is InChI=1S/C14H12ClNOS/c15-12-6-2-1-5-11(12)9-18-14-8-4-3-7-13(14)16-10-17/h1-8,10H,9H2,(H,16,17). The van der Waals surface area contributed by atoms with E-state index in [0.29, 0.717) is 6.41 Å². The maximum Gasteiger partial charge on any atom is 0.211 e. The third-order valence-electron chi connectivity index (χ3n) is 2.44. The van der Waals surface area contributed by atoms with Crippen LogP contribution >= 0.6 is 23.4 Å². The number of halogens is 1. The quantitative estimate of drug-likeness (QED) is 0.655. The number of hydrogen-bond donors (Lipinski definition) is 1. The third kappa shape index (κ3) is 3.28. The molecule has 4 heteroatoms. The number of carbonyl (C=O) groups is 1. The summed E-state index contributed by atoms with van der Waals surface area (Å²) in [6, 6.07) is 15.5. The molecule has 0 aliphatic rings. The zero-order valence-electron chi connectivity index (χ0n) is 9.60. The van der Waals surface area contributed by atoms with Crippen molar-refractivity contribution in [2.75, 3.05) is 5.32 Å². The van der Waals surface area contributed by atoms with Gasteiger partial charge in [0, 0.05) is 15.7 Å². The Labute approximate surface area is 115 Å². The maximum absolute atomic E-state index is 10.5. The summed E-state index contributed by atoms with van der Waals surface area (Å²) in [7, 11) is 0. The Hall–Kier alpha value is -1.45. The molecule has 2 aromatic carbocycles. The van der Waals surface area contributed by atoms with Crippen LogP contribution in [-0.4, -0.2) is 6.41 Å². The minimum absolute atomic E-state index is 0.689. The Morgan fingerprint density at radius 2 is 1.83 bits per heavy atom. The van der Waals surface area contributed by atoms with Crippen molar-refractivity contribution in [3.8, 4) is 0 Å². The summed E-state index contributed by atoms with van der Waals surface area (Å²) < 4.78 is 0. The maximum atomic E-state index is 10.5. The lowest BCUT2D eigenvalue weighted by atomic mass is 10.2. The second-order valence-electron chi connectivity index (χ2n) is 3.64. The monoisotopic (exact) mass is 277 g/mol. The van der Waals surface area contributed by atoms with Gasteiger partial charge in [0.25, 0.3) is 0 Å². The van der Waals surface area contributed by atoms with Crippen LogP contribution in [0.25, 0.3) is 0 Å². The first kappa shape index (κ1) is 13.0. The molecule has 0 unspecified atom stereocenters. The van der Waals surface area contributed by atoms with Gasteiger partial charge in [0.05, 0.1) is 5.69 Å². The van der Waals surface area contributed by atoms with Crippen LogP contribution in [0.4, 0.5) is 5.69 Å². The molecule has 2 nitrogen and oxygen atoms in total. The first-order chi connectivity index (χ1) is 8.81. The van der Waals surface area contributed by atoms with Crippen molar-refractivity contribution in [1.82, 2.24) is 0 Å². The van der Waals surface area contributed by atoms with Crippen molar-refractivity contribution in [2.45, 2.75) is 10.6 Å². The number of thioether (sulfide) groups is 1. The highest BCUT2D eigenvalue weighted by molar-refractivity contribution is 7.98. The van der Waals surface area contributed by atoms with Crippen molar-refractivity contribution < 1.29 is 4.79 Å². The van der Waals surface area contributed by atoms with Gasteiger partial charge in [-0.25, -0.2) is 0 Å². The first-order valence-electron chi connectivity index (χ1n) is 5.46. The van der Waals surface area contributed by atoms with E-state index in [4.69, 9.17) is 11.6 Å². The highest BCUT2D eigenvalue weighted by atomic mass is 35.5. The van der Waals surface area contributed by atoms with Gasteiger partial charge < -0.3 is 5.32 Å². The third-order valence-corrected chi connectivity index (χ3v) is 3.93. The van der Waals surface area contributed by atoms with E-state index in [9.17, 15) is 4.79 Å². The van der Waals surface area contributed by atoms with Crippen LogP contribution in [0.3, 0.4) is 0 Å². The zero-order chi connectivity index (χ0) is 12.8. The van der Waals surface area contributed by atoms with Crippen molar-refractivity contribution in [1.29, 1.82) is 0 Å². The number of hydrogen-bond acceptors (Lipinski definition) is 2. The van der Waals surface area contributed by atoms with Gasteiger partial charge in [-0.15, -0.1) is 11.8 Å². The molecule has 0 bridgehead atoms. The minimum Gasteiger partial charge on any atom is -0.328 e. The van der Waals surface area contributed by atoms with E-state index in [1.54, 1.807) is 11.8 Å². The van der Waals surface area contributed by atoms with E-state index >= 15 is 0 Å². The molecule has 2 aromatic rings. The minimum atomic E-state index is 0.689. The molecule has 0 fully saturated rings. The number of carbonyl (C=O) groups excluding carboxylic acids is 1. The largest absolute Gasteiger partial charge is 0.328 e. The lowest BCUT2D eigenvalue weighted by Gasteiger charge is -2.08. The van der Waals surface area contributed by atoms with Gasteiger partial charge in [-0.2, -0.15) is 0 Å². The average Bonchev–Trinajstić information content (AvgIpc) is 2.40. The van der Waals surface area contributed by atoms with Crippen LogP contribution in [0.1, 0.15) is 5.56 Å². The fourth-order valence-electron chi connectivity index (χ4n) is 1.55. The summed E-state index contributed by atoms with van der Waals surface area (Å²) >= 11 is 7.75. The Morgan fingerprint density at radius 1 is 1.11 bits per heavy atom. The fourth-order valence-corrected chi connectivity index (χ4v) is 2.85. The van der Waals surface area contributed by atoms with Crippen molar-refractivity contribution in [3.63, 3.8) is 0 Å². The predicted molar refractivity (Wildman–Crippen MR) is 77.1 cm³/mol. The number of para-hydroxylation sites is 1. The molecule has 0 saturated carbocycles. The van der Waals surface area contributed by atoms with E-state index in [2.05, 4.69) is 5.32 Å². The second kappa shape index (κ2) is 6.47. The van der Waals surface area contributed by atoms with Crippen molar-refractivity contribution in [3.05, 3.63) is 59.1 Å². The van der Waals surface area contributed by atoms with Gasteiger partial charge in [-0.3, -0.25) is 4.79 Å². The summed E-state index contributed by atoms with van der Waals surface area (Å²) in [6.07, 6.45) is 0.689. The molecule has 18 heavy (non-hydrogen) atoms. The van der Waals surface area contributed by atoms with Crippen LogP contribution in [0.15, 0.2) is 53.4 Å². The molecule has 1 N–H and O–H groups in total. The molecule has 0 radical (unpaired) electrons. The van der Waals surface area contributed by atoms with Gasteiger partial charge in [-0.1, -0.05) is 41.9 Å². The van der Waals surface area contributed by atoms with E-state index in [1.165, 1.54) is 0 Å². The second-order valence-corrected chi connectivity index (χ2v) is 5.06.